The van der Waals surface area contributed by atoms with E-state index in [1.165, 1.54) is 6.26 Å². The molecule has 0 atom stereocenters. The monoisotopic (exact) mass is 426 g/mol. The van der Waals surface area contributed by atoms with Gasteiger partial charge < -0.3 is 9.64 Å². The molecule has 152 valence electrons. The Bertz CT molecular complexity index is 923. The number of hydrogen-bond donors (Lipinski definition) is 0. The molecule has 1 aromatic heterocycles. The van der Waals surface area contributed by atoms with E-state index in [2.05, 4.69) is 10.00 Å². The largest absolute Gasteiger partial charge is 0.471 e. The van der Waals surface area contributed by atoms with Crippen LogP contribution in [-0.4, -0.2) is 78.6 Å². The fraction of sp³-hybridized carbons (Fsp3) is 0.444. The summed E-state index contributed by atoms with van der Waals surface area (Å²) in [5, 5.41) is 4.87. The predicted octanol–water partition coefficient (Wildman–Crippen LogP) is 1.38. The molecule has 28 heavy (non-hydrogen) atoms. The molecule has 0 aliphatic carbocycles. The maximum atomic E-state index is 12.6. The SMILES string of the molecule is CS(=O)(=O)CCN1CCN(C(=O)c2ccn(COc3cccc(Cl)c3)n2)CC1. The second-order valence-electron chi connectivity index (χ2n) is 6.73. The third-order valence-corrected chi connectivity index (χ3v) is 5.62. The number of ether oxygens (including phenoxy) is 1. The van der Waals surface area contributed by atoms with Crippen LogP contribution in [0.4, 0.5) is 0 Å². The number of piperazine rings is 1. The van der Waals surface area contributed by atoms with Crippen LogP contribution in [0.2, 0.25) is 5.02 Å². The molecule has 0 N–H and O–H groups in total. The van der Waals surface area contributed by atoms with E-state index in [1.54, 1.807) is 46.1 Å². The first-order chi connectivity index (χ1) is 13.3. The fourth-order valence-corrected chi connectivity index (χ4v) is 3.65. The molecule has 0 bridgehead atoms. The minimum Gasteiger partial charge on any atom is -0.471 e. The Hall–Kier alpha value is -2.10. The van der Waals surface area contributed by atoms with E-state index >= 15 is 0 Å². The number of hydrogen-bond acceptors (Lipinski definition) is 6. The summed E-state index contributed by atoms with van der Waals surface area (Å²) < 4.78 is 29.7. The number of amides is 1. The van der Waals surface area contributed by atoms with Gasteiger partial charge in [-0.1, -0.05) is 17.7 Å². The lowest BCUT2D eigenvalue weighted by atomic mass is 10.3. The molecular weight excluding hydrogens is 404 g/mol. The Balaban J connectivity index is 1.49. The van der Waals surface area contributed by atoms with Gasteiger partial charge in [0.25, 0.3) is 5.91 Å². The van der Waals surface area contributed by atoms with E-state index < -0.39 is 9.84 Å². The molecule has 1 amide bonds. The van der Waals surface area contributed by atoms with Crippen molar-refractivity contribution in [3.63, 3.8) is 0 Å². The number of sulfone groups is 1. The Morgan fingerprint density at radius 3 is 2.64 bits per heavy atom. The molecule has 8 nitrogen and oxygen atoms in total. The lowest BCUT2D eigenvalue weighted by Crippen LogP contribution is -2.49. The maximum Gasteiger partial charge on any atom is 0.274 e. The summed E-state index contributed by atoms with van der Waals surface area (Å²) in [7, 11) is -2.98. The van der Waals surface area contributed by atoms with E-state index in [0.29, 0.717) is 49.2 Å². The van der Waals surface area contributed by atoms with Gasteiger partial charge in [-0.05, 0) is 24.3 Å². The number of carbonyl (C=O) groups is 1. The van der Waals surface area contributed by atoms with Crippen LogP contribution in [0.1, 0.15) is 10.5 Å². The highest BCUT2D eigenvalue weighted by molar-refractivity contribution is 7.90. The van der Waals surface area contributed by atoms with Gasteiger partial charge in [0.1, 0.15) is 15.6 Å². The number of carbonyl (C=O) groups excluding carboxylic acids is 1. The summed E-state index contributed by atoms with van der Waals surface area (Å²) in [6.45, 7) is 3.08. The molecule has 0 radical (unpaired) electrons. The second kappa shape index (κ2) is 8.93. The van der Waals surface area contributed by atoms with Gasteiger partial charge in [0.15, 0.2) is 12.4 Å². The van der Waals surface area contributed by atoms with Gasteiger partial charge in [0.05, 0.1) is 5.75 Å². The average molecular weight is 427 g/mol. The van der Waals surface area contributed by atoms with Gasteiger partial charge in [-0.2, -0.15) is 5.10 Å². The van der Waals surface area contributed by atoms with Crippen molar-refractivity contribution in [1.29, 1.82) is 0 Å². The van der Waals surface area contributed by atoms with Crippen molar-refractivity contribution < 1.29 is 17.9 Å². The van der Waals surface area contributed by atoms with Crippen molar-refractivity contribution in [3.05, 3.63) is 47.2 Å². The molecular formula is C18H23ClN4O4S. The van der Waals surface area contributed by atoms with Crippen molar-refractivity contribution in [2.24, 2.45) is 0 Å². The van der Waals surface area contributed by atoms with Crippen LogP contribution in [0.5, 0.6) is 5.75 Å². The number of halogens is 1. The highest BCUT2D eigenvalue weighted by Gasteiger charge is 2.24. The quantitative estimate of drug-likeness (QED) is 0.665. The van der Waals surface area contributed by atoms with E-state index in [9.17, 15) is 13.2 Å². The molecule has 2 aromatic rings. The summed E-state index contributed by atoms with van der Waals surface area (Å²) in [5.41, 5.74) is 0.360. The number of rotatable bonds is 7. The molecule has 3 rings (SSSR count). The van der Waals surface area contributed by atoms with Crippen molar-refractivity contribution in [3.8, 4) is 5.75 Å². The molecule has 10 heteroatoms. The normalized spacial score (nSPS) is 15.6. The van der Waals surface area contributed by atoms with Crippen LogP contribution < -0.4 is 4.74 Å². The van der Waals surface area contributed by atoms with Crippen LogP contribution in [0.3, 0.4) is 0 Å². The Morgan fingerprint density at radius 2 is 1.96 bits per heavy atom. The summed E-state index contributed by atoms with van der Waals surface area (Å²) in [5.74, 6) is 0.628. The molecule has 1 aromatic carbocycles. The number of benzene rings is 1. The van der Waals surface area contributed by atoms with E-state index in [4.69, 9.17) is 16.3 Å². The lowest BCUT2D eigenvalue weighted by Gasteiger charge is -2.34. The molecule has 1 saturated heterocycles. The van der Waals surface area contributed by atoms with E-state index in [0.717, 1.165) is 0 Å². The van der Waals surface area contributed by atoms with Crippen LogP contribution in [-0.2, 0) is 16.6 Å². The highest BCUT2D eigenvalue weighted by Crippen LogP contribution is 2.17. The molecule has 0 spiro atoms. The molecule has 0 saturated carbocycles. The summed E-state index contributed by atoms with van der Waals surface area (Å²) >= 11 is 5.92. The third-order valence-electron chi connectivity index (χ3n) is 4.46. The fourth-order valence-electron chi connectivity index (χ4n) is 2.88. The van der Waals surface area contributed by atoms with Gasteiger partial charge in [0, 0.05) is 50.2 Å². The molecule has 1 fully saturated rings. The standard InChI is InChI=1S/C18H23ClN4O4S/c1-28(25,26)12-11-21-7-9-22(10-8-21)18(24)17-5-6-23(20-17)14-27-16-4-2-3-15(19)13-16/h2-6,13H,7-12,14H2,1H3. The summed E-state index contributed by atoms with van der Waals surface area (Å²) in [6, 6.07) is 8.73. The minimum absolute atomic E-state index is 0.135. The molecule has 0 unspecified atom stereocenters. The third kappa shape index (κ3) is 5.95. The van der Waals surface area contributed by atoms with Crippen LogP contribution in [0, 0.1) is 0 Å². The van der Waals surface area contributed by atoms with Gasteiger partial charge in [-0.25, -0.2) is 13.1 Å². The Labute approximate surface area is 169 Å². The number of aromatic nitrogens is 2. The van der Waals surface area contributed by atoms with E-state index in [-0.39, 0.29) is 18.4 Å². The zero-order valence-electron chi connectivity index (χ0n) is 15.6. The zero-order valence-corrected chi connectivity index (χ0v) is 17.2. The van der Waals surface area contributed by atoms with E-state index in [1.807, 2.05) is 0 Å². The zero-order chi connectivity index (χ0) is 20.1. The van der Waals surface area contributed by atoms with Gasteiger partial charge in [-0.3, -0.25) is 9.69 Å². The van der Waals surface area contributed by atoms with Crippen molar-refractivity contribution in [2.45, 2.75) is 6.73 Å². The van der Waals surface area contributed by atoms with Crippen LogP contribution in [0.15, 0.2) is 36.5 Å². The van der Waals surface area contributed by atoms with Crippen LogP contribution >= 0.6 is 11.6 Å². The van der Waals surface area contributed by atoms with Crippen molar-refractivity contribution >= 4 is 27.3 Å². The molecule has 1 aliphatic heterocycles. The predicted molar refractivity (Wildman–Crippen MR) is 106 cm³/mol. The van der Waals surface area contributed by atoms with Crippen LogP contribution in [0.25, 0.3) is 0 Å². The van der Waals surface area contributed by atoms with Gasteiger partial charge in [0.2, 0.25) is 0 Å². The molecule has 1 aliphatic rings. The number of nitrogens with zero attached hydrogens (tertiary/aromatic N) is 4. The first kappa shape index (κ1) is 20.6. The summed E-state index contributed by atoms with van der Waals surface area (Å²) in [6.07, 6.45) is 2.93. The smallest absolute Gasteiger partial charge is 0.274 e. The Morgan fingerprint density at radius 1 is 1.21 bits per heavy atom. The Kier molecular flexibility index (Phi) is 6.58. The lowest BCUT2D eigenvalue weighted by molar-refractivity contribution is 0.0636. The topological polar surface area (TPSA) is 84.7 Å². The first-order valence-corrected chi connectivity index (χ1v) is 11.4. The van der Waals surface area contributed by atoms with Crippen molar-refractivity contribution in [1.82, 2.24) is 19.6 Å². The van der Waals surface area contributed by atoms with Crippen molar-refractivity contribution in [2.75, 3.05) is 44.7 Å². The molecule has 2 heterocycles. The van der Waals surface area contributed by atoms with Gasteiger partial charge >= 0.3 is 0 Å². The first-order valence-electron chi connectivity index (χ1n) is 8.91. The second-order valence-corrected chi connectivity index (χ2v) is 9.43. The maximum absolute atomic E-state index is 12.6. The minimum atomic E-state index is -2.98. The summed E-state index contributed by atoms with van der Waals surface area (Å²) in [4.78, 5) is 16.4. The highest BCUT2D eigenvalue weighted by atomic mass is 35.5. The van der Waals surface area contributed by atoms with Gasteiger partial charge in [-0.15, -0.1) is 0 Å². The average Bonchev–Trinajstić information content (AvgIpc) is 3.13.